The highest BCUT2D eigenvalue weighted by Gasteiger charge is 2.17. The summed E-state index contributed by atoms with van der Waals surface area (Å²) in [6.45, 7) is 1.97. The number of nitrogens with zero attached hydrogens (tertiary/aromatic N) is 4. The number of aryl methyl sites for hydroxylation is 1. The molecule has 0 aliphatic rings. The van der Waals surface area contributed by atoms with Crippen molar-refractivity contribution < 1.29 is 4.42 Å². The minimum absolute atomic E-state index is 0.365. The molecule has 2 aromatic carbocycles. The maximum Gasteiger partial charge on any atom is 0.336 e. The Kier molecular flexibility index (Phi) is 5.51. The van der Waals surface area contributed by atoms with Gasteiger partial charge in [0.1, 0.15) is 5.58 Å². The smallest absolute Gasteiger partial charge is 0.336 e. The molecule has 0 bridgehead atoms. The number of benzene rings is 2. The monoisotopic (exact) mass is 460 g/mol. The summed E-state index contributed by atoms with van der Waals surface area (Å²) in [5, 5.41) is 11.1. The highest BCUT2D eigenvalue weighted by molar-refractivity contribution is 7.98. The highest BCUT2D eigenvalue weighted by Crippen LogP contribution is 2.31. The Hall–Kier alpha value is -3.42. The van der Waals surface area contributed by atoms with Crippen LogP contribution in [0, 0.1) is 6.92 Å². The molecule has 32 heavy (non-hydrogen) atoms. The molecule has 0 spiro atoms. The van der Waals surface area contributed by atoms with Crippen LogP contribution in [0.4, 0.5) is 0 Å². The van der Waals surface area contributed by atoms with Crippen molar-refractivity contribution in [3.8, 4) is 17.1 Å². The quantitative estimate of drug-likeness (QED) is 0.248. The van der Waals surface area contributed by atoms with Crippen LogP contribution in [0.25, 0.3) is 28.0 Å². The third-order valence-electron chi connectivity index (χ3n) is 5.00. The molecular weight excluding hydrogens is 444 g/mol. The van der Waals surface area contributed by atoms with Gasteiger partial charge in [0.25, 0.3) is 0 Å². The third-order valence-corrected chi connectivity index (χ3v) is 6.23. The molecule has 8 heteroatoms. The third kappa shape index (κ3) is 4.04. The molecule has 0 aliphatic heterocycles. The molecule has 5 aromatic rings. The Morgan fingerprint density at radius 2 is 1.78 bits per heavy atom. The maximum atomic E-state index is 12.1. The van der Waals surface area contributed by atoms with Gasteiger partial charge in [0, 0.05) is 45.9 Å². The Morgan fingerprint density at radius 1 is 1.00 bits per heavy atom. The molecule has 0 radical (unpaired) electrons. The van der Waals surface area contributed by atoms with E-state index in [0.717, 1.165) is 27.8 Å². The Bertz CT molecular complexity index is 1460. The number of hydrogen-bond acceptors (Lipinski definition) is 6. The van der Waals surface area contributed by atoms with Crippen LogP contribution >= 0.6 is 23.4 Å². The molecule has 0 saturated carbocycles. The lowest BCUT2D eigenvalue weighted by Crippen LogP contribution is -2.02. The summed E-state index contributed by atoms with van der Waals surface area (Å²) >= 11 is 7.60. The average Bonchev–Trinajstić information content (AvgIpc) is 3.22. The molecule has 0 fully saturated rings. The lowest BCUT2D eigenvalue weighted by Gasteiger charge is -2.11. The van der Waals surface area contributed by atoms with Crippen molar-refractivity contribution in [2.75, 3.05) is 0 Å². The summed E-state index contributed by atoms with van der Waals surface area (Å²) in [7, 11) is 0. The molecule has 3 heterocycles. The lowest BCUT2D eigenvalue weighted by atomic mass is 10.1. The number of fused-ring (bicyclic) bond motifs is 1. The van der Waals surface area contributed by atoms with Crippen LogP contribution in [0.2, 0.25) is 5.02 Å². The number of rotatable bonds is 5. The van der Waals surface area contributed by atoms with Crippen molar-refractivity contribution in [2.45, 2.75) is 17.8 Å². The van der Waals surface area contributed by atoms with Crippen LogP contribution in [0.1, 0.15) is 11.1 Å². The molecule has 3 aromatic heterocycles. The first kappa shape index (κ1) is 20.5. The molecule has 0 aliphatic carbocycles. The number of thioether (sulfide) groups is 1. The summed E-state index contributed by atoms with van der Waals surface area (Å²) in [6.07, 6.45) is 3.45. The zero-order chi connectivity index (χ0) is 22.1. The van der Waals surface area contributed by atoms with E-state index in [2.05, 4.69) is 15.2 Å². The van der Waals surface area contributed by atoms with Gasteiger partial charge in [-0.15, -0.1) is 10.2 Å². The number of halogens is 1. The van der Waals surface area contributed by atoms with Crippen LogP contribution < -0.4 is 5.63 Å². The van der Waals surface area contributed by atoms with Gasteiger partial charge in [-0.1, -0.05) is 35.5 Å². The van der Waals surface area contributed by atoms with Crippen molar-refractivity contribution in [3.05, 3.63) is 99.6 Å². The normalized spacial score (nSPS) is 11.2. The fraction of sp³-hybridized carbons (Fsp3) is 0.0833. The van der Waals surface area contributed by atoms with Crippen molar-refractivity contribution in [1.29, 1.82) is 0 Å². The second-order valence-corrected chi connectivity index (χ2v) is 8.61. The Labute approximate surface area is 192 Å². The molecule has 158 valence electrons. The standard InChI is InChI=1S/C24H17ClN4O2S/c1-15-2-7-20-17(13-22(30)31-21(20)12-15)14-32-24-28-27-23(16-8-10-26-11-9-16)29(24)19-5-3-18(25)4-6-19/h2-13H,14H2,1H3. The lowest BCUT2D eigenvalue weighted by molar-refractivity contribution is 0.559. The first-order chi connectivity index (χ1) is 15.6. The van der Waals surface area contributed by atoms with E-state index in [0.29, 0.717) is 27.3 Å². The minimum Gasteiger partial charge on any atom is -0.423 e. The van der Waals surface area contributed by atoms with Crippen LogP contribution in [0.5, 0.6) is 0 Å². The van der Waals surface area contributed by atoms with Crippen molar-refractivity contribution in [1.82, 2.24) is 19.7 Å². The van der Waals surface area contributed by atoms with Crippen LogP contribution in [0.3, 0.4) is 0 Å². The number of hydrogen-bond donors (Lipinski definition) is 0. The van der Waals surface area contributed by atoms with Gasteiger partial charge in [-0.2, -0.15) is 0 Å². The number of pyridine rings is 1. The van der Waals surface area contributed by atoms with Crippen LogP contribution in [-0.4, -0.2) is 19.7 Å². The zero-order valence-electron chi connectivity index (χ0n) is 17.0. The van der Waals surface area contributed by atoms with E-state index in [4.69, 9.17) is 16.0 Å². The summed E-state index contributed by atoms with van der Waals surface area (Å²) in [4.78, 5) is 16.2. The first-order valence-electron chi connectivity index (χ1n) is 9.86. The van der Waals surface area contributed by atoms with E-state index in [-0.39, 0.29) is 5.63 Å². The molecular formula is C24H17ClN4O2S. The minimum atomic E-state index is -0.365. The average molecular weight is 461 g/mol. The summed E-state index contributed by atoms with van der Waals surface area (Å²) in [5.41, 5.74) is 3.93. The van der Waals surface area contributed by atoms with E-state index < -0.39 is 0 Å². The van der Waals surface area contributed by atoms with Crippen LogP contribution in [0.15, 0.2) is 87.4 Å². The number of aromatic nitrogens is 4. The molecule has 0 unspecified atom stereocenters. The van der Waals surface area contributed by atoms with Crippen molar-refractivity contribution in [2.24, 2.45) is 0 Å². The molecule has 5 rings (SSSR count). The van der Waals surface area contributed by atoms with Gasteiger partial charge in [0.2, 0.25) is 0 Å². The van der Waals surface area contributed by atoms with Gasteiger partial charge < -0.3 is 4.42 Å². The molecule has 0 N–H and O–H groups in total. The predicted octanol–water partition coefficient (Wildman–Crippen LogP) is 5.69. The topological polar surface area (TPSA) is 73.8 Å². The largest absolute Gasteiger partial charge is 0.423 e. The van der Waals surface area contributed by atoms with Crippen molar-refractivity contribution in [3.63, 3.8) is 0 Å². The fourth-order valence-electron chi connectivity index (χ4n) is 3.47. The first-order valence-corrected chi connectivity index (χ1v) is 11.2. The molecule has 0 saturated heterocycles. The van der Waals surface area contributed by atoms with E-state index in [1.54, 1.807) is 12.4 Å². The highest BCUT2D eigenvalue weighted by atomic mass is 35.5. The van der Waals surface area contributed by atoms with Gasteiger partial charge in [-0.05, 0) is 60.5 Å². The summed E-state index contributed by atoms with van der Waals surface area (Å²) in [5.74, 6) is 1.23. The SMILES string of the molecule is Cc1ccc2c(CSc3nnc(-c4ccncc4)n3-c3ccc(Cl)cc3)cc(=O)oc2c1. The zero-order valence-corrected chi connectivity index (χ0v) is 18.6. The van der Waals surface area contributed by atoms with Gasteiger partial charge in [-0.3, -0.25) is 9.55 Å². The maximum absolute atomic E-state index is 12.1. The second-order valence-electron chi connectivity index (χ2n) is 7.23. The van der Waals surface area contributed by atoms with Crippen LogP contribution in [-0.2, 0) is 5.75 Å². The van der Waals surface area contributed by atoms with Gasteiger partial charge in [0.15, 0.2) is 11.0 Å². The van der Waals surface area contributed by atoms with E-state index in [1.807, 2.05) is 66.1 Å². The van der Waals surface area contributed by atoms with Gasteiger partial charge in [-0.25, -0.2) is 4.79 Å². The molecule has 6 nitrogen and oxygen atoms in total. The van der Waals surface area contributed by atoms with Gasteiger partial charge >= 0.3 is 5.63 Å². The summed E-state index contributed by atoms with van der Waals surface area (Å²) < 4.78 is 7.37. The Balaban J connectivity index is 1.56. The van der Waals surface area contributed by atoms with E-state index in [9.17, 15) is 4.79 Å². The molecule has 0 amide bonds. The fourth-order valence-corrected chi connectivity index (χ4v) is 4.54. The van der Waals surface area contributed by atoms with Gasteiger partial charge in [0.05, 0.1) is 0 Å². The predicted molar refractivity (Wildman–Crippen MR) is 126 cm³/mol. The molecule has 0 atom stereocenters. The van der Waals surface area contributed by atoms with E-state index >= 15 is 0 Å². The van der Waals surface area contributed by atoms with E-state index in [1.165, 1.54) is 17.8 Å². The summed E-state index contributed by atoms with van der Waals surface area (Å²) in [6, 6.07) is 18.7. The Morgan fingerprint density at radius 3 is 2.56 bits per heavy atom. The second kappa shape index (κ2) is 8.61. The van der Waals surface area contributed by atoms with Crippen molar-refractivity contribution >= 4 is 34.3 Å².